The van der Waals surface area contributed by atoms with Crippen molar-refractivity contribution in [2.75, 3.05) is 13.2 Å². The molecule has 2 aromatic rings. The van der Waals surface area contributed by atoms with Crippen LogP contribution in [0.5, 0.6) is 5.75 Å². The number of rotatable bonds is 14. The van der Waals surface area contributed by atoms with Gasteiger partial charge in [0.15, 0.2) is 5.60 Å². The maximum absolute atomic E-state index is 14.8. The standard InChI is InChI=1S/C42H54FN5O7/c1-8-10-31(34(49)39(52)44-28-15-16-28)45-38(51)33-21-42(20-32(47-55-42)26-17-23(3)35(54-9-2)24(4)18-26)22-48(33)40(53)36(41(5,6)7)46-37(50)30-19-29(30)25-11-13-27(43)14-12-25/h11-14,17-18,28-31,33,36H,8-10,15-16,19-22H2,1-7H3,(H,44,52)(H,45,51)(H,46,50)/t29-,30+,31-,33-,36+,42+/m0/s1. The van der Waals surface area contributed by atoms with E-state index in [2.05, 4.69) is 21.1 Å². The molecule has 296 valence electrons. The molecule has 6 atom stereocenters. The highest BCUT2D eigenvalue weighted by molar-refractivity contribution is 6.38. The lowest BCUT2D eigenvalue weighted by Crippen LogP contribution is -2.59. The van der Waals surface area contributed by atoms with Crippen LogP contribution < -0.4 is 20.7 Å². The maximum atomic E-state index is 14.8. The lowest BCUT2D eigenvalue weighted by molar-refractivity contribution is -0.145. The molecular formula is C42H54FN5O7. The molecule has 2 aliphatic heterocycles. The Balaban J connectivity index is 1.25. The summed E-state index contributed by atoms with van der Waals surface area (Å²) in [5.74, 6) is -2.83. The first-order chi connectivity index (χ1) is 26.0. The van der Waals surface area contributed by atoms with E-state index in [9.17, 15) is 28.4 Å². The van der Waals surface area contributed by atoms with Crippen molar-refractivity contribution in [1.82, 2.24) is 20.9 Å². The minimum Gasteiger partial charge on any atom is -0.493 e. The molecule has 0 aromatic heterocycles. The summed E-state index contributed by atoms with van der Waals surface area (Å²) in [6, 6.07) is 6.85. The Labute approximate surface area is 322 Å². The SMILES string of the molecule is CCC[C@H](NC(=O)[C@@H]1C[C@]2(CC(c3cc(C)c(OCC)c(C)c3)=NO2)CN1C(=O)[C@@H](NC(=O)[C@@H]1C[C@H]1c1ccc(F)cc1)C(C)(C)C)C(=O)C(=O)NC1CC1. The van der Waals surface area contributed by atoms with Gasteiger partial charge in [-0.05, 0) is 98.7 Å². The van der Waals surface area contributed by atoms with Crippen LogP contribution in [0.2, 0.25) is 0 Å². The van der Waals surface area contributed by atoms with Gasteiger partial charge in [0.25, 0.3) is 5.91 Å². The third-order valence-electron chi connectivity index (χ3n) is 11.1. The normalized spacial score (nSPS) is 24.0. The Morgan fingerprint density at radius 2 is 1.69 bits per heavy atom. The van der Waals surface area contributed by atoms with Gasteiger partial charge in [0.2, 0.25) is 23.5 Å². The summed E-state index contributed by atoms with van der Waals surface area (Å²) >= 11 is 0. The van der Waals surface area contributed by atoms with E-state index >= 15 is 0 Å². The van der Waals surface area contributed by atoms with E-state index in [0.717, 1.165) is 40.8 Å². The third-order valence-corrected chi connectivity index (χ3v) is 11.1. The van der Waals surface area contributed by atoms with Gasteiger partial charge in [0.05, 0.1) is 24.9 Å². The van der Waals surface area contributed by atoms with Gasteiger partial charge in [-0.2, -0.15) is 0 Å². The summed E-state index contributed by atoms with van der Waals surface area (Å²) in [4.78, 5) is 76.5. The van der Waals surface area contributed by atoms with Crippen LogP contribution in [0.3, 0.4) is 0 Å². The second-order valence-corrected chi connectivity index (χ2v) is 16.8. The molecule has 6 rings (SSSR count). The van der Waals surface area contributed by atoms with Gasteiger partial charge in [-0.1, -0.05) is 51.4 Å². The Morgan fingerprint density at radius 1 is 1.02 bits per heavy atom. The number of hydrogen-bond donors (Lipinski definition) is 3. The molecule has 13 heteroatoms. The number of oxime groups is 1. The van der Waals surface area contributed by atoms with Crippen LogP contribution in [0.4, 0.5) is 4.39 Å². The molecule has 2 aliphatic carbocycles. The zero-order valence-corrected chi connectivity index (χ0v) is 32.9. The fraction of sp³-hybridized carbons (Fsp3) is 0.571. The lowest BCUT2D eigenvalue weighted by atomic mass is 9.85. The number of likely N-dealkylation sites (tertiary alicyclic amines) is 1. The molecule has 1 spiro atoms. The molecule has 55 heavy (non-hydrogen) atoms. The topological polar surface area (TPSA) is 156 Å². The van der Waals surface area contributed by atoms with Gasteiger partial charge in [-0.25, -0.2) is 4.39 Å². The first kappa shape index (κ1) is 39.9. The number of ether oxygens (including phenoxy) is 1. The first-order valence-electron chi connectivity index (χ1n) is 19.5. The Bertz CT molecular complexity index is 1850. The Kier molecular flexibility index (Phi) is 11.4. The summed E-state index contributed by atoms with van der Waals surface area (Å²) in [5, 5.41) is 13.0. The lowest BCUT2D eigenvalue weighted by Gasteiger charge is -2.35. The number of benzene rings is 2. The average molecular weight is 760 g/mol. The van der Waals surface area contributed by atoms with Gasteiger partial charge < -0.3 is 30.4 Å². The summed E-state index contributed by atoms with van der Waals surface area (Å²) < 4.78 is 19.4. The fourth-order valence-corrected chi connectivity index (χ4v) is 7.87. The molecule has 0 unspecified atom stereocenters. The van der Waals surface area contributed by atoms with E-state index in [-0.39, 0.29) is 49.0 Å². The molecule has 2 saturated carbocycles. The van der Waals surface area contributed by atoms with Crippen LogP contribution in [-0.4, -0.2) is 82.9 Å². The van der Waals surface area contributed by atoms with Crippen LogP contribution in [0.25, 0.3) is 0 Å². The molecule has 3 N–H and O–H groups in total. The summed E-state index contributed by atoms with van der Waals surface area (Å²) in [6.07, 6.45) is 3.35. The van der Waals surface area contributed by atoms with Crippen molar-refractivity contribution < 1.29 is 37.9 Å². The van der Waals surface area contributed by atoms with Crippen LogP contribution in [0.1, 0.15) is 108 Å². The van der Waals surface area contributed by atoms with Crippen molar-refractivity contribution in [3.05, 3.63) is 64.5 Å². The highest BCUT2D eigenvalue weighted by Crippen LogP contribution is 2.48. The predicted octanol–water partition coefficient (Wildman–Crippen LogP) is 4.77. The van der Waals surface area contributed by atoms with Crippen molar-refractivity contribution >= 4 is 35.1 Å². The van der Waals surface area contributed by atoms with Gasteiger partial charge in [-0.3, -0.25) is 24.0 Å². The highest BCUT2D eigenvalue weighted by Gasteiger charge is 2.56. The monoisotopic (exact) mass is 759 g/mol. The molecule has 1 saturated heterocycles. The number of carbonyl (C=O) groups excluding carboxylic acids is 5. The van der Waals surface area contributed by atoms with Crippen LogP contribution in [0.15, 0.2) is 41.6 Å². The van der Waals surface area contributed by atoms with Gasteiger partial charge in [0.1, 0.15) is 23.7 Å². The number of amides is 4. The van der Waals surface area contributed by atoms with E-state index in [1.165, 1.54) is 17.0 Å². The van der Waals surface area contributed by atoms with Crippen molar-refractivity contribution in [3.8, 4) is 5.75 Å². The second-order valence-electron chi connectivity index (χ2n) is 16.8. The zero-order valence-electron chi connectivity index (χ0n) is 32.9. The number of ketones is 1. The van der Waals surface area contributed by atoms with E-state index in [1.807, 2.05) is 60.6 Å². The predicted molar refractivity (Wildman–Crippen MR) is 204 cm³/mol. The minimum absolute atomic E-state index is 0.00452. The summed E-state index contributed by atoms with van der Waals surface area (Å²) in [5.41, 5.74) is 2.43. The number of nitrogens with one attached hydrogen (secondary N) is 3. The van der Waals surface area contributed by atoms with E-state index in [0.29, 0.717) is 31.6 Å². The molecule has 0 radical (unpaired) electrons. The molecule has 2 aromatic carbocycles. The fourth-order valence-electron chi connectivity index (χ4n) is 7.87. The highest BCUT2D eigenvalue weighted by atomic mass is 19.1. The quantitative estimate of drug-likeness (QED) is 0.235. The van der Waals surface area contributed by atoms with Crippen LogP contribution in [0, 0.1) is 31.0 Å². The number of nitrogens with zero attached hydrogens (tertiary/aromatic N) is 2. The number of halogens is 1. The minimum atomic E-state index is -1.08. The number of aryl methyl sites for hydroxylation is 2. The number of carbonyl (C=O) groups is 5. The van der Waals surface area contributed by atoms with Crippen LogP contribution in [-0.2, 0) is 28.8 Å². The summed E-state index contributed by atoms with van der Waals surface area (Å²) in [7, 11) is 0. The Morgan fingerprint density at radius 3 is 2.29 bits per heavy atom. The molecule has 3 fully saturated rings. The maximum Gasteiger partial charge on any atom is 0.289 e. The van der Waals surface area contributed by atoms with Gasteiger partial charge in [-0.15, -0.1) is 0 Å². The molecular weight excluding hydrogens is 705 g/mol. The first-order valence-corrected chi connectivity index (χ1v) is 19.5. The van der Waals surface area contributed by atoms with Crippen LogP contribution >= 0.6 is 0 Å². The van der Waals surface area contributed by atoms with E-state index in [1.54, 1.807) is 12.1 Å². The molecule has 0 bridgehead atoms. The second kappa shape index (κ2) is 15.7. The summed E-state index contributed by atoms with van der Waals surface area (Å²) in [6.45, 7) is 13.8. The van der Waals surface area contributed by atoms with Crippen molar-refractivity contribution in [3.63, 3.8) is 0 Å². The van der Waals surface area contributed by atoms with E-state index in [4.69, 9.17) is 9.57 Å². The van der Waals surface area contributed by atoms with Gasteiger partial charge in [0, 0.05) is 30.4 Å². The number of hydrogen-bond acceptors (Lipinski definition) is 8. The smallest absolute Gasteiger partial charge is 0.289 e. The molecule has 4 amide bonds. The molecule has 4 aliphatic rings. The number of Topliss-reactive ketones (excluding diaryl/α,β-unsaturated/α-hetero) is 1. The van der Waals surface area contributed by atoms with E-state index < -0.39 is 52.6 Å². The van der Waals surface area contributed by atoms with Crippen molar-refractivity contribution in [2.24, 2.45) is 16.5 Å². The largest absolute Gasteiger partial charge is 0.493 e. The van der Waals surface area contributed by atoms with Crippen molar-refractivity contribution in [1.29, 1.82) is 0 Å². The third kappa shape index (κ3) is 8.86. The zero-order chi connectivity index (χ0) is 39.8. The van der Waals surface area contributed by atoms with Gasteiger partial charge >= 0.3 is 0 Å². The Hall–Kier alpha value is -4.81. The average Bonchev–Trinajstić information content (AvgIpc) is 4.05. The molecule has 12 nitrogen and oxygen atoms in total. The molecule has 2 heterocycles. The van der Waals surface area contributed by atoms with Crippen molar-refractivity contribution in [2.45, 2.75) is 129 Å².